The van der Waals surface area contributed by atoms with Crippen molar-refractivity contribution in [2.45, 2.75) is 24.2 Å². The molecule has 0 heterocycles. The van der Waals surface area contributed by atoms with Gasteiger partial charge in [0.1, 0.15) is 10.7 Å². The third-order valence-electron chi connectivity index (χ3n) is 3.73. The molecule has 7 heteroatoms. The number of sulfonamides is 1. The summed E-state index contributed by atoms with van der Waals surface area (Å²) in [4.78, 5) is -0.318. The first-order valence-corrected chi connectivity index (χ1v) is 9.26. The zero-order valence-electron chi connectivity index (χ0n) is 10.8. The zero-order chi connectivity index (χ0) is 14.8. The second kappa shape index (κ2) is 6.73. The molecule has 1 aromatic carbocycles. The summed E-state index contributed by atoms with van der Waals surface area (Å²) in [5.41, 5.74) is 0. The molecular formula is C13H16BrClFNO2S. The van der Waals surface area contributed by atoms with Gasteiger partial charge in [0.05, 0.1) is 0 Å². The molecule has 2 atom stereocenters. The van der Waals surface area contributed by atoms with E-state index in [9.17, 15) is 12.8 Å². The van der Waals surface area contributed by atoms with Gasteiger partial charge in [-0.2, -0.15) is 0 Å². The van der Waals surface area contributed by atoms with Crippen molar-refractivity contribution in [3.63, 3.8) is 0 Å². The summed E-state index contributed by atoms with van der Waals surface area (Å²) < 4.78 is 41.0. The van der Waals surface area contributed by atoms with Crippen molar-refractivity contribution in [1.29, 1.82) is 0 Å². The Morgan fingerprint density at radius 1 is 1.35 bits per heavy atom. The standard InChI is InChI=1S/C13H16BrClFNO2S/c14-11-4-5-13(12(16)6-11)20(18,19)17-8-10-3-1-2-9(10)7-15/h4-6,9-10,17H,1-3,7-8H2. The van der Waals surface area contributed by atoms with E-state index in [1.807, 2.05) is 0 Å². The molecule has 1 N–H and O–H groups in total. The Hall–Kier alpha value is -0.170. The summed E-state index contributed by atoms with van der Waals surface area (Å²) in [5, 5.41) is 0. The predicted octanol–water partition coefficient (Wildman–Crippen LogP) is 3.52. The number of alkyl halides is 1. The molecular weight excluding hydrogens is 369 g/mol. The van der Waals surface area contributed by atoms with E-state index in [1.54, 1.807) is 0 Å². The molecule has 0 saturated heterocycles. The van der Waals surface area contributed by atoms with Crippen molar-refractivity contribution in [2.75, 3.05) is 12.4 Å². The summed E-state index contributed by atoms with van der Waals surface area (Å²) in [5.74, 6) is 0.362. The molecule has 0 aliphatic heterocycles. The van der Waals surface area contributed by atoms with Crippen molar-refractivity contribution in [1.82, 2.24) is 4.72 Å². The number of benzene rings is 1. The number of nitrogens with one attached hydrogen (secondary N) is 1. The molecule has 0 radical (unpaired) electrons. The Balaban J connectivity index is 2.07. The van der Waals surface area contributed by atoms with Gasteiger partial charge in [-0.25, -0.2) is 17.5 Å². The lowest BCUT2D eigenvalue weighted by atomic mass is 9.98. The van der Waals surface area contributed by atoms with Crippen LogP contribution in [0.3, 0.4) is 0 Å². The second-order valence-electron chi connectivity index (χ2n) is 5.03. The Bertz CT molecular complexity index is 582. The highest BCUT2D eigenvalue weighted by atomic mass is 79.9. The molecule has 1 aliphatic rings. The molecule has 0 spiro atoms. The molecule has 0 amide bonds. The van der Waals surface area contributed by atoms with E-state index < -0.39 is 15.8 Å². The van der Waals surface area contributed by atoms with Crippen molar-refractivity contribution in [2.24, 2.45) is 11.8 Å². The van der Waals surface area contributed by atoms with Gasteiger partial charge in [0, 0.05) is 16.9 Å². The fourth-order valence-electron chi connectivity index (χ4n) is 2.57. The van der Waals surface area contributed by atoms with E-state index >= 15 is 0 Å². The number of rotatable bonds is 5. The zero-order valence-corrected chi connectivity index (χ0v) is 13.9. The summed E-state index contributed by atoms with van der Waals surface area (Å²) in [7, 11) is -3.82. The summed E-state index contributed by atoms with van der Waals surface area (Å²) in [6, 6.07) is 3.91. The van der Waals surface area contributed by atoms with Crippen LogP contribution in [0.15, 0.2) is 27.6 Å². The van der Waals surface area contributed by atoms with Crippen LogP contribution in [0, 0.1) is 17.7 Å². The molecule has 1 aliphatic carbocycles. The van der Waals surface area contributed by atoms with Gasteiger partial charge in [0.2, 0.25) is 10.0 Å². The Morgan fingerprint density at radius 2 is 2.05 bits per heavy atom. The van der Waals surface area contributed by atoms with E-state index in [4.69, 9.17) is 11.6 Å². The molecule has 2 unspecified atom stereocenters. The number of hydrogen-bond donors (Lipinski definition) is 1. The molecule has 1 saturated carbocycles. The van der Waals surface area contributed by atoms with Crippen LogP contribution in [0.1, 0.15) is 19.3 Å². The first-order valence-electron chi connectivity index (χ1n) is 6.44. The fourth-order valence-corrected chi connectivity index (χ4v) is 4.46. The monoisotopic (exact) mass is 383 g/mol. The topological polar surface area (TPSA) is 46.2 Å². The van der Waals surface area contributed by atoms with Crippen LogP contribution < -0.4 is 4.72 Å². The quantitative estimate of drug-likeness (QED) is 0.790. The second-order valence-corrected chi connectivity index (χ2v) is 7.99. The van der Waals surface area contributed by atoms with Gasteiger partial charge in [0.25, 0.3) is 0 Å². The average molecular weight is 385 g/mol. The van der Waals surface area contributed by atoms with E-state index in [-0.39, 0.29) is 10.8 Å². The van der Waals surface area contributed by atoms with Gasteiger partial charge in [0.15, 0.2) is 0 Å². The van der Waals surface area contributed by atoms with Crippen LogP contribution in [-0.4, -0.2) is 20.8 Å². The van der Waals surface area contributed by atoms with Gasteiger partial charge in [-0.3, -0.25) is 0 Å². The number of halogens is 3. The Labute approximate surface area is 132 Å². The predicted molar refractivity (Wildman–Crippen MR) is 80.8 cm³/mol. The minimum Gasteiger partial charge on any atom is -0.211 e. The summed E-state index contributed by atoms with van der Waals surface area (Å²) in [6.45, 7) is 0.315. The first kappa shape index (κ1) is 16.2. The smallest absolute Gasteiger partial charge is 0.211 e. The fraction of sp³-hybridized carbons (Fsp3) is 0.538. The van der Waals surface area contributed by atoms with Crippen LogP contribution in [0.25, 0.3) is 0 Å². The van der Waals surface area contributed by atoms with E-state index in [0.29, 0.717) is 22.8 Å². The minimum absolute atomic E-state index is 0.237. The van der Waals surface area contributed by atoms with Gasteiger partial charge in [-0.15, -0.1) is 11.6 Å². The maximum atomic E-state index is 13.7. The third-order valence-corrected chi connectivity index (χ3v) is 6.08. The van der Waals surface area contributed by atoms with Crippen LogP contribution in [-0.2, 0) is 10.0 Å². The normalized spacial score (nSPS) is 23.1. The molecule has 0 aromatic heterocycles. The summed E-state index contributed by atoms with van der Waals surface area (Å²) >= 11 is 8.97. The lowest BCUT2D eigenvalue weighted by Gasteiger charge is -2.17. The van der Waals surface area contributed by atoms with Crippen molar-refractivity contribution in [3.05, 3.63) is 28.5 Å². The van der Waals surface area contributed by atoms with E-state index in [2.05, 4.69) is 20.7 Å². The molecule has 2 rings (SSSR count). The number of hydrogen-bond acceptors (Lipinski definition) is 2. The molecule has 112 valence electrons. The summed E-state index contributed by atoms with van der Waals surface area (Å²) in [6.07, 6.45) is 3.06. The van der Waals surface area contributed by atoms with E-state index in [1.165, 1.54) is 12.1 Å². The highest BCUT2D eigenvalue weighted by molar-refractivity contribution is 9.10. The maximum absolute atomic E-state index is 13.7. The van der Waals surface area contributed by atoms with Crippen molar-refractivity contribution < 1.29 is 12.8 Å². The maximum Gasteiger partial charge on any atom is 0.243 e. The van der Waals surface area contributed by atoms with Gasteiger partial charge >= 0.3 is 0 Å². The minimum atomic E-state index is -3.82. The van der Waals surface area contributed by atoms with Gasteiger partial charge in [-0.05, 0) is 42.9 Å². The van der Waals surface area contributed by atoms with Crippen LogP contribution in [0.2, 0.25) is 0 Å². The lowest BCUT2D eigenvalue weighted by Crippen LogP contribution is -2.31. The van der Waals surface area contributed by atoms with Crippen LogP contribution in [0.4, 0.5) is 4.39 Å². The van der Waals surface area contributed by atoms with Crippen LogP contribution in [0.5, 0.6) is 0 Å². The molecule has 0 bridgehead atoms. The van der Waals surface area contributed by atoms with E-state index in [0.717, 1.165) is 25.3 Å². The van der Waals surface area contributed by atoms with Crippen molar-refractivity contribution in [3.8, 4) is 0 Å². The molecule has 1 aromatic rings. The van der Waals surface area contributed by atoms with Crippen LogP contribution >= 0.6 is 27.5 Å². The molecule has 1 fully saturated rings. The lowest BCUT2D eigenvalue weighted by molar-refractivity contribution is 0.418. The van der Waals surface area contributed by atoms with Gasteiger partial charge < -0.3 is 0 Å². The highest BCUT2D eigenvalue weighted by Crippen LogP contribution is 2.32. The Morgan fingerprint density at radius 3 is 2.70 bits per heavy atom. The molecule has 20 heavy (non-hydrogen) atoms. The Kier molecular flexibility index (Phi) is 5.45. The SMILES string of the molecule is O=S(=O)(NCC1CCCC1CCl)c1ccc(Br)cc1F. The van der Waals surface area contributed by atoms with Gasteiger partial charge in [-0.1, -0.05) is 22.4 Å². The molecule has 3 nitrogen and oxygen atoms in total. The average Bonchev–Trinajstić information content (AvgIpc) is 2.83. The van der Waals surface area contributed by atoms with Crippen molar-refractivity contribution >= 4 is 37.6 Å². The third kappa shape index (κ3) is 3.72. The first-order chi connectivity index (χ1) is 9.44. The largest absolute Gasteiger partial charge is 0.243 e. The highest BCUT2D eigenvalue weighted by Gasteiger charge is 2.28.